The number of morpholine rings is 1. The third kappa shape index (κ3) is 4.48. The van der Waals surface area contributed by atoms with Crippen LogP contribution in [-0.2, 0) is 4.74 Å². The topological polar surface area (TPSA) is 21.7 Å². The smallest absolute Gasteiger partial charge is 0.204 e. The van der Waals surface area contributed by atoms with Crippen LogP contribution in [0.2, 0.25) is 0 Å². The highest BCUT2D eigenvalue weighted by molar-refractivity contribution is 5.54. The minimum atomic E-state index is -1.50. The molecular formula is C17H21F4NO2. The average Bonchev–Trinajstić information content (AvgIpc) is 2.60. The molecule has 0 atom stereocenters. The Kier molecular flexibility index (Phi) is 7.05. The lowest BCUT2D eigenvalue weighted by Crippen LogP contribution is -2.36. The third-order valence-electron chi connectivity index (χ3n) is 3.75. The Labute approximate surface area is 138 Å². The molecule has 24 heavy (non-hydrogen) atoms. The van der Waals surface area contributed by atoms with E-state index in [0.29, 0.717) is 39.3 Å². The van der Waals surface area contributed by atoms with Gasteiger partial charge in [-0.05, 0) is 6.42 Å². The van der Waals surface area contributed by atoms with Gasteiger partial charge in [-0.25, -0.2) is 8.78 Å². The van der Waals surface area contributed by atoms with Crippen LogP contribution in [0.1, 0.15) is 25.3 Å². The second kappa shape index (κ2) is 9.03. The van der Waals surface area contributed by atoms with E-state index in [0.717, 1.165) is 12.5 Å². The summed E-state index contributed by atoms with van der Waals surface area (Å²) in [5.74, 6) is -6.90. The van der Waals surface area contributed by atoms with Gasteiger partial charge in [0.2, 0.25) is 11.6 Å². The maximum absolute atomic E-state index is 14.0. The van der Waals surface area contributed by atoms with Crippen molar-refractivity contribution in [2.24, 2.45) is 0 Å². The van der Waals surface area contributed by atoms with E-state index in [1.165, 1.54) is 6.08 Å². The van der Waals surface area contributed by atoms with Crippen LogP contribution in [0.15, 0.2) is 6.08 Å². The van der Waals surface area contributed by atoms with E-state index < -0.39 is 34.6 Å². The molecule has 0 radical (unpaired) electrons. The first-order chi connectivity index (χ1) is 11.6. The highest BCUT2D eigenvalue weighted by Crippen LogP contribution is 2.31. The van der Waals surface area contributed by atoms with Crippen molar-refractivity contribution < 1.29 is 27.0 Å². The summed E-state index contributed by atoms with van der Waals surface area (Å²) in [6, 6.07) is 0. The Morgan fingerprint density at radius 3 is 2.25 bits per heavy atom. The van der Waals surface area contributed by atoms with E-state index in [-0.39, 0.29) is 6.61 Å². The lowest BCUT2D eigenvalue weighted by atomic mass is 10.1. The van der Waals surface area contributed by atoms with Gasteiger partial charge in [0.15, 0.2) is 17.4 Å². The third-order valence-corrected chi connectivity index (χ3v) is 3.75. The molecule has 0 N–H and O–H groups in total. The normalized spacial score (nSPS) is 16.0. The summed E-state index contributed by atoms with van der Waals surface area (Å²) in [6.45, 7) is 4.84. The summed E-state index contributed by atoms with van der Waals surface area (Å²) < 4.78 is 66.0. The number of hydrogen-bond acceptors (Lipinski definition) is 3. The first-order valence-corrected chi connectivity index (χ1v) is 8.01. The molecule has 0 aliphatic carbocycles. The van der Waals surface area contributed by atoms with Crippen molar-refractivity contribution in [3.05, 3.63) is 34.9 Å². The molecule has 0 saturated carbocycles. The number of hydrogen-bond donors (Lipinski definition) is 0. The fraction of sp³-hybridized carbons (Fsp3) is 0.529. The largest absolute Gasteiger partial charge is 0.487 e. The Morgan fingerprint density at radius 2 is 1.67 bits per heavy atom. The van der Waals surface area contributed by atoms with Gasteiger partial charge in [-0.15, -0.1) is 0 Å². The van der Waals surface area contributed by atoms with Crippen LogP contribution >= 0.6 is 0 Å². The molecule has 0 spiro atoms. The number of rotatable bonds is 7. The first-order valence-electron chi connectivity index (χ1n) is 8.01. The molecule has 1 aliphatic heterocycles. The van der Waals surface area contributed by atoms with Crippen LogP contribution in [0.4, 0.5) is 17.6 Å². The summed E-state index contributed by atoms with van der Waals surface area (Å²) in [5.41, 5.74) is -0.735. The van der Waals surface area contributed by atoms with Gasteiger partial charge in [0.1, 0.15) is 0 Å². The molecule has 0 bridgehead atoms. The first kappa shape index (κ1) is 18.7. The predicted octanol–water partition coefficient (Wildman–Crippen LogP) is 3.77. The van der Waals surface area contributed by atoms with Gasteiger partial charge in [-0.2, -0.15) is 8.78 Å². The van der Waals surface area contributed by atoms with Crippen molar-refractivity contribution in [3.63, 3.8) is 0 Å². The van der Waals surface area contributed by atoms with Gasteiger partial charge >= 0.3 is 0 Å². The zero-order chi connectivity index (χ0) is 17.5. The standard InChI is InChI=1S/C17H21F4NO2/c1-2-3-9-24-17-15(20)13(18)12(14(19)16(17)21)5-4-6-22-7-10-23-11-8-22/h4-5H,2-3,6-11H2,1H3/b5-4+. The molecule has 3 nitrogen and oxygen atoms in total. The lowest BCUT2D eigenvalue weighted by molar-refractivity contribution is 0.0435. The van der Waals surface area contributed by atoms with Crippen molar-refractivity contribution in [1.82, 2.24) is 4.90 Å². The minimum Gasteiger partial charge on any atom is -0.487 e. The van der Waals surface area contributed by atoms with Crippen molar-refractivity contribution in [1.29, 1.82) is 0 Å². The summed E-state index contributed by atoms with van der Waals surface area (Å²) in [5, 5.41) is 0. The average molecular weight is 347 g/mol. The Morgan fingerprint density at radius 1 is 1.04 bits per heavy atom. The molecule has 0 amide bonds. The monoisotopic (exact) mass is 347 g/mol. The second-order valence-corrected chi connectivity index (χ2v) is 5.52. The van der Waals surface area contributed by atoms with Crippen molar-refractivity contribution in [2.75, 3.05) is 39.5 Å². The SMILES string of the molecule is CCCCOc1c(F)c(F)c(/C=C/CN2CCOCC2)c(F)c1F. The van der Waals surface area contributed by atoms with Crippen LogP contribution in [0.5, 0.6) is 5.75 Å². The van der Waals surface area contributed by atoms with Gasteiger partial charge in [-0.1, -0.05) is 25.5 Å². The van der Waals surface area contributed by atoms with Crippen LogP contribution in [-0.4, -0.2) is 44.4 Å². The lowest BCUT2D eigenvalue weighted by Gasteiger charge is -2.25. The molecule has 134 valence electrons. The van der Waals surface area contributed by atoms with Crippen LogP contribution < -0.4 is 4.74 Å². The fourth-order valence-corrected chi connectivity index (χ4v) is 2.32. The van der Waals surface area contributed by atoms with Crippen LogP contribution in [0, 0.1) is 23.3 Å². The highest BCUT2D eigenvalue weighted by atomic mass is 19.2. The number of halogens is 4. The van der Waals surface area contributed by atoms with E-state index in [1.54, 1.807) is 0 Å². The Bertz CT molecular complexity index is 557. The molecule has 1 aromatic carbocycles. The van der Waals surface area contributed by atoms with Crippen molar-refractivity contribution in [3.8, 4) is 5.75 Å². The minimum absolute atomic E-state index is 0.00453. The Balaban J connectivity index is 2.14. The highest BCUT2D eigenvalue weighted by Gasteiger charge is 2.25. The fourth-order valence-electron chi connectivity index (χ4n) is 2.32. The number of ether oxygens (including phenoxy) is 2. The van der Waals surface area contributed by atoms with E-state index in [2.05, 4.69) is 0 Å². The second-order valence-electron chi connectivity index (χ2n) is 5.52. The summed E-state index contributed by atoms with van der Waals surface area (Å²) >= 11 is 0. The molecule has 1 aromatic rings. The maximum Gasteiger partial charge on any atom is 0.204 e. The molecular weight excluding hydrogens is 326 g/mol. The summed E-state index contributed by atoms with van der Waals surface area (Å²) in [4.78, 5) is 2.00. The van der Waals surface area contributed by atoms with Crippen molar-refractivity contribution >= 4 is 6.08 Å². The van der Waals surface area contributed by atoms with Crippen LogP contribution in [0.25, 0.3) is 6.08 Å². The summed E-state index contributed by atoms with van der Waals surface area (Å²) in [7, 11) is 0. The molecule has 0 unspecified atom stereocenters. The Hall–Kier alpha value is -1.60. The van der Waals surface area contributed by atoms with E-state index in [9.17, 15) is 17.6 Å². The predicted molar refractivity (Wildman–Crippen MR) is 83.0 cm³/mol. The van der Waals surface area contributed by atoms with Gasteiger partial charge < -0.3 is 9.47 Å². The quantitative estimate of drug-likeness (QED) is 0.426. The molecule has 7 heteroatoms. The van der Waals surface area contributed by atoms with Gasteiger partial charge in [-0.3, -0.25) is 4.90 Å². The number of unbranched alkanes of at least 4 members (excludes halogenated alkanes) is 1. The molecule has 1 aliphatic rings. The maximum atomic E-state index is 14.0. The summed E-state index contributed by atoms with van der Waals surface area (Å²) in [6.07, 6.45) is 3.80. The van der Waals surface area contributed by atoms with Crippen molar-refractivity contribution in [2.45, 2.75) is 19.8 Å². The van der Waals surface area contributed by atoms with E-state index in [4.69, 9.17) is 9.47 Å². The molecule has 1 heterocycles. The molecule has 2 rings (SSSR count). The van der Waals surface area contributed by atoms with Gasteiger partial charge in [0.25, 0.3) is 0 Å². The van der Waals surface area contributed by atoms with E-state index >= 15 is 0 Å². The zero-order valence-corrected chi connectivity index (χ0v) is 13.6. The van der Waals surface area contributed by atoms with Crippen LogP contribution in [0.3, 0.4) is 0 Å². The molecule has 1 saturated heterocycles. The van der Waals surface area contributed by atoms with Gasteiger partial charge in [0.05, 0.1) is 25.4 Å². The molecule has 1 fully saturated rings. The number of nitrogens with zero attached hydrogens (tertiary/aromatic N) is 1. The van der Waals surface area contributed by atoms with Gasteiger partial charge in [0, 0.05) is 19.6 Å². The molecule has 0 aromatic heterocycles. The van der Waals surface area contributed by atoms with E-state index in [1.807, 2.05) is 11.8 Å². The number of benzene rings is 1. The zero-order valence-electron chi connectivity index (χ0n) is 13.6.